The van der Waals surface area contributed by atoms with Gasteiger partial charge in [0, 0.05) is 0 Å². The SMILES string of the molecule is N.N.O=C([O-])C[N+]1(CC(=O)[O-])CC(=O)OCCOC(=O)C1.O=C([O-])C[N+]1(CC(=O)[O-])CC(=O)OCCOC(=O)C1.[Cu+2].[Na+].[Na+]. The summed E-state index contributed by atoms with van der Waals surface area (Å²) < 4.78 is 16.9. The number of aliphatic carboxylic acids is 4. The Bertz CT molecular complexity index is 835. The molecule has 2 aliphatic rings. The molecule has 2 heterocycles. The summed E-state index contributed by atoms with van der Waals surface area (Å²) in [5, 5.41) is 42.8. The fourth-order valence-electron chi connectivity index (χ4n) is 3.67. The van der Waals surface area contributed by atoms with Crippen molar-refractivity contribution in [1.82, 2.24) is 12.3 Å². The number of carbonyl (C=O) groups excluding carboxylic acids is 8. The van der Waals surface area contributed by atoms with Crippen molar-refractivity contribution in [3.05, 3.63) is 0 Å². The Labute approximate surface area is 299 Å². The first-order valence-corrected chi connectivity index (χ1v) is 10.8. The molecule has 0 unspecified atom stereocenters. The molecule has 237 valence electrons. The van der Waals surface area contributed by atoms with Crippen LogP contribution in [0.2, 0.25) is 0 Å². The number of hydrogen-bond acceptors (Lipinski definition) is 18. The van der Waals surface area contributed by atoms with Crippen molar-refractivity contribution >= 4 is 47.8 Å². The summed E-state index contributed by atoms with van der Waals surface area (Å²) in [5.41, 5.74) is 0. The van der Waals surface area contributed by atoms with E-state index in [0.29, 0.717) is 0 Å². The van der Waals surface area contributed by atoms with Gasteiger partial charge >= 0.3 is 100 Å². The van der Waals surface area contributed by atoms with Crippen LogP contribution in [0.5, 0.6) is 0 Å². The minimum atomic E-state index is -1.60. The van der Waals surface area contributed by atoms with Crippen LogP contribution in [-0.4, -0.2) is 136 Å². The molecule has 0 saturated carbocycles. The molecule has 2 aliphatic heterocycles. The van der Waals surface area contributed by atoms with Crippen molar-refractivity contribution in [3.8, 4) is 0 Å². The van der Waals surface area contributed by atoms with E-state index in [4.69, 9.17) is 0 Å². The van der Waals surface area contributed by atoms with Gasteiger partial charge in [0.05, 0.1) is 23.9 Å². The molecular formula is C20H30CuN4Na2O16+2. The second-order valence-electron chi connectivity index (χ2n) is 8.32. The Balaban J connectivity index is -0.000000201. The first-order valence-electron chi connectivity index (χ1n) is 10.8. The maximum absolute atomic E-state index is 11.4. The second-order valence-corrected chi connectivity index (χ2v) is 8.32. The van der Waals surface area contributed by atoms with Gasteiger partial charge in [-0.25, -0.2) is 19.2 Å². The van der Waals surface area contributed by atoms with Gasteiger partial charge in [0.2, 0.25) is 0 Å². The van der Waals surface area contributed by atoms with E-state index in [-0.39, 0.29) is 115 Å². The molecule has 43 heavy (non-hydrogen) atoms. The summed E-state index contributed by atoms with van der Waals surface area (Å²) in [5.74, 6) is -9.66. The topological polar surface area (TPSA) is 336 Å². The minimum absolute atomic E-state index is 0. The van der Waals surface area contributed by atoms with Crippen LogP contribution < -0.4 is 91.8 Å². The van der Waals surface area contributed by atoms with Crippen LogP contribution in [-0.2, 0) is 74.4 Å². The van der Waals surface area contributed by atoms with Crippen molar-refractivity contribution in [2.24, 2.45) is 0 Å². The summed E-state index contributed by atoms with van der Waals surface area (Å²) in [6, 6.07) is 0. The first kappa shape index (κ1) is 50.7. The molecule has 2 fully saturated rings. The van der Waals surface area contributed by atoms with Crippen molar-refractivity contribution in [1.29, 1.82) is 0 Å². The monoisotopic (exact) mass is 691 g/mol. The average Bonchev–Trinajstić information content (AvgIpc) is 2.82. The fraction of sp³-hybridized carbons (Fsp3) is 0.600. The maximum atomic E-state index is 11.4. The van der Waals surface area contributed by atoms with Crippen LogP contribution >= 0.6 is 0 Å². The Kier molecular flexibility index (Phi) is 28.8. The van der Waals surface area contributed by atoms with Gasteiger partial charge in [-0.15, -0.1) is 0 Å². The summed E-state index contributed by atoms with van der Waals surface area (Å²) in [4.78, 5) is 88.6. The summed E-state index contributed by atoms with van der Waals surface area (Å²) in [6.07, 6.45) is 0. The maximum Gasteiger partial charge on any atom is 2.00 e. The molecule has 0 aliphatic carbocycles. The van der Waals surface area contributed by atoms with E-state index in [1.54, 1.807) is 0 Å². The zero-order valence-corrected chi connectivity index (χ0v) is 28.6. The molecule has 0 aromatic rings. The van der Waals surface area contributed by atoms with Crippen molar-refractivity contribution in [2.45, 2.75) is 0 Å². The second kappa shape index (κ2) is 24.4. The molecule has 0 spiro atoms. The van der Waals surface area contributed by atoms with Crippen LogP contribution in [0, 0.1) is 0 Å². The number of carboxylic acid groups (broad SMARTS) is 4. The van der Waals surface area contributed by atoms with Gasteiger partial charge in [0.1, 0.15) is 52.6 Å². The molecule has 2 rings (SSSR count). The third kappa shape index (κ3) is 21.5. The van der Waals surface area contributed by atoms with Gasteiger partial charge in [-0.2, -0.15) is 0 Å². The molecule has 0 bridgehead atoms. The number of carboxylic acids is 4. The van der Waals surface area contributed by atoms with E-state index in [1.807, 2.05) is 0 Å². The van der Waals surface area contributed by atoms with E-state index < -0.39 is 109 Å². The zero-order chi connectivity index (χ0) is 28.9. The summed E-state index contributed by atoms with van der Waals surface area (Å²) >= 11 is 0. The molecule has 2 saturated heterocycles. The standard InChI is InChI=1S/2C10H13NO8.Cu.2H3N.2Na/c2*12-7(13)3-11(4-8(14)15)5-9(16)18-1-2-19-10(17)6-11;;;;;/h2*1-6H2,(H-,12,13,14,15);;2*1H3;;/q;;+2;;;2*+1/p-2. The Morgan fingerprint density at radius 3 is 0.791 bits per heavy atom. The Hall–Kier alpha value is -1.88. The molecule has 20 nitrogen and oxygen atoms in total. The van der Waals surface area contributed by atoms with E-state index in [0.717, 1.165) is 0 Å². The summed E-state index contributed by atoms with van der Waals surface area (Å²) in [7, 11) is 0. The Morgan fingerprint density at radius 1 is 0.488 bits per heavy atom. The number of quaternary nitrogens is 2. The van der Waals surface area contributed by atoms with Crippen molar-refractivity contribution in [3.63, 3.8) is 0 Å². The first-order chi connectivity index (χ1) is 17.7. The normalized spacial score (nSPS) is 17.1. The molecule has 1 radical (unpaired) electrons. The van der Waals surface area contributed by atoms with Crippen LogP contribution in [0.1, 0.15) is 0 Å². The van der Waals surface area contributed by atoms with Gasteiger partial charge in [-0.1, -0.05) is 0 Å². The van der Waals surface area contributed by atoms with Gasteiger partial charge in [-0.3, -0.25) is 8.97 Å². The largest absolute Gasteiger partial charge is 2.00 e. The van der Waals surface area contributed by atoms with E-state index in [1.165, 1.54) is 0 Å². The van der Waals surface area contributed by atoms with Gasteiger partial charge < -0.3 is 70.9 Å². The molecule has 0 atom stereocenters. The predicted octanol–water partition coefficient (Wildman–Crippen LogP) is -14.9. The molecule has 0 amide bonds. The molecule has 6 N–H and O–H groups in total. The van der Waals surface area contributed by atoms with Crippen LogP contribution in [0.4, 0.5) is 0 Å². The zero-order valence-electron chi connectivity index (χ0n) is 23.6. The number of hydrogen-bond donors (Lipinski definition) is 2. The Morgan fingerprint density at radius 2 is 0.651 bits per heavy atom. The van der Waals surface area contributed by atoms with E-state index in [9.17, 15) is 58.8 Å². The third-order valence-electron chi connectivity index (χ3n) is 4.93. The fourth-order valence-corrected chi connectivity index (χ4v) is 3.67. The van der Waals surface area contributed by atoms with Gasteiger partial charge in [0.25, 0.3) is 0 Å². The smallest absolute Gasteiger partial charge is 0.544 e. The average molecular weight is 692 g/mol. The third-order valence-corrected chi connectivity index (χ3v) is 4.93. The number of rotatable bonds is 8. The molecular weight excluding hydrogens is 662 g/mol. The number of esters is 4. The van der Waals surface area contributed by atoms with Crippen molar-refractivity contribution in [2.75, 3.05) is 78.8 Å². The van der Waals surface area contributed by atoms with Crippen LogP contribution in [0.15, 0.2) is 0 Å². The minimum Gasteiger partial charge on any atom is -0.544 e. The van der Waals surface area contributed by atoms with Crippen molar-refractivity contribution < 1.29 is 163 Å². The van der Waals surface area contributed by atoms with Gasteiger partial charge in [-0.05, 0) is 0 Å². The van der Waals surface area contributed by atoms with E-state index >= 15 is 0 Å². The predicted molar refractivity (Wildman–Crippen MR) is 113 cm³/mol. The number of carbonyl (C=O) groups is 8. The number of ether oxygens (including phenoxy) is 4. The molecule has 0 aromatic carbocycles. The quantitative estimate of drug-likeness (QED) is 0.103. The van der Waals surface area contributed by atoms with Crippen LogP contribution in [0.25, 0.3) is 0 Å². The van der Waals surface area contributed by atoms with Crippen LogP contribution in [0.3, 0.4) is 0 Å². The number of nitrogens with zero attached hydrogens (tertiary/aromatic N) is 2. The van der Waals surface area contributed by atoms with Gasteiger partial charge in [0.15, 0.2) is 26.2 Å². The molecule has 0 aromatic heterocycles. The summed E-state index contributed by atoms with van der Waals surface area (Å²) in [6.45, 7) is -6.35. The number of cyclic esters (lactones) is 4. The van der Waals surface area contributed by atoms with E-state index in [2.05, 4.69) is 18.9 Å². The molecule has 23 heteroatoms.